The normalized spacial score (nSPS) is 22.1. The molecule has 4 N–H and O–H groups in total. The molecule has 3 aromatic rings. The van der Waals surface area contributed by atoms with Crippen LogP contribution in [-0.2, 0) is 14.9 Å². The fraction of sp³-hybridized carbons (Fsp3) is 0.375. The molecule has 42 heavy (non-hydrogen) atoms. The first-order valence-corrected chi connectivity index (χ1v) is 14.3. The van der Waals surface area contributed by atoms with Crippen molar-refractivity contribution in [3.8, 4) is 5.75 Å². The van der Waals surface area contributed by atoms with E-state index in [4.69, 9.17) is 38.4 Å². The highest BCUT2D eigenvalue weighted by atomic mass is 35.5. The molecule has 1 aliphatic rings. The second-order valence-corrected chi connectivity index (χ2v) is 12.6. The monoisotopic (exact) mass is 615 g/mol. The Kier molecular flexibility index (Phi) is 9.52. The van der Waals surface area contributed by atoms with E-state index in [1.54, 1.807) is 36.4 Å². The molecule has 0 aromatic heterocycles. The van der Waals surface area contributed by atoms with Crippen molar-refractivity contribution < 1.29 is 23.5 Å². The highest BCUT2D eigenvalue weighted by molar-refractivity contribution is 6.30. The van der Waals surface area contributed by atoms with Gasteiger partial charge in [0, 0.05) is 34.0 Å². The molecule has 4 rings (SSSR count). The van der Waals surface area contributed by atoms with Gasteiger partial charge in [-0.2, -0.15) is 0 Å². The average molecular weight is 617 g/mol. The van der Waals surface area contributed by atoms with E-state index in [-0.39, 0.29) is 34.2 Å². The van der Waals surface area contributed by atoms with Gasteiger partial charge in [0.15, 0.2) is 0 Å². The van der Waals surface area contributed by atoms with Crippen LogP contribution < -0.4 is 21.1 Å². The summed E-state index contributed by atoms with van der Waals surface area (Å²) >= 11 is 12.6. The molecule has 0 spiro atoms. The SMILES string of the molecule is COC(=O)c1ccc(NC(=O)[C@@H]2N[C@@H](CC(C)(C)C)[C@](CN)(c3ccc(Cl)cc3F)[C@H]2c2cccc(Cl)c2)c(OC)c1. The number of nitrogens with two attached hydrogens (primary N) is 1. The third kappa shape index (κ3) is 6.27. The fourth-order valence-corrected chi connectivity index (χ4v) is 6.45. The van der Waals surface area contributed by atoms with Crippen molar-refractivity contribution in [1.82, 2.24) is 5.32 Å². The summed E-state index contributed by atoms with van der Waals surface area (Å²) < 4.78 is 26.1. The minimum Gasteiger partial charge on any atom is -0.495 e. The first kappa shape index (κ1) is 31.8. The molecule has 4 atom stereocenters. The molecule has 1 amide bonds. The van der Waals surface area contributed by atoms with Gasteiger partial charge in [0.2, 0.25) is 5.91 Å². The van der Waals surface area contributed by atoms with Crippen molar-refractivity contribution in [3.63, 3.8) is 0 Å². The van der Waals surface area contributed by atoms with Gasteiger partial charge < -0.3 is 25.8 Å². The van der Waals surface area contributed by atoms with Crippen LogP contribution in [0, 0.1) is 11.2 Å². The number of carbonyl (C=O) groups excluding carboxylic acids is 2. The minimum atomic E-state index is -1.05. The molecular weight excluding hydrogens is 580 g/mol. The smallest absolute Gasteiger partial charge is 0.337 e. The Morgan fingerprint density at radius 2 is 1.76 bits per heavy atom. The van der Waals surface area contributed by atoms with Crippen LogP contribution in [0.3, 0.4) is 0 Å². The van der Waals surface area contributed by atoms with Crippen LogP contribution in [0.1, 0.15) is 54.6 Å². The van der Waals surface area contributed by atoms with Crippen LogP contribution in [0.2, 0.25) is 10.0 Å². The van der Waals surface area contributed by atoms with Crippen molar-refractivity contribution in [1.29, 1.82) is 0 Å². The van der Waals surface area contributed by atoms with E-state index < -0.39 is 35.2 Å². The first-order chi connectivity index (χ1) is 19.8. The van der Waals surface area contributed by atoms with Crippen LogP contribution >= 0.6 is 23.2 Å². The largest absolute Gasteiger partial charge is 0.495 e. The first-order valence-electron chi connectivity index (χ1n) is 13.6. The number of hydrogen-bond donors (Lipinski definition) is 3. The summed E-state index contributed by atoms with van der Waals surface area (Å²) in [6.07, 6.45) is 0.588. The summed E-state index contributed by atoms with van der Waals surface area (Å²) in [4.78, 5) is 26.3. The van der Waals surface area contributed by atoms with Crippen LogP contribution in [0.25, 0.3) is 0 Å². The standard InChI is InChI=1S/C32H36Cl2FN3O4/c1-31(2,3)16-26-32(17-36,22-11-10-21(34)15-23(22)35)27(18-7-6-8-20(33)13-18)28(38-26)29(39)37-24-12-9-19(30(40)42-5)14-25(24)41-4/h6-15,26-28,38H,16-17,36H2,1-5H3,(H,37,39)/t26-,27-,28+,32-/m0/s1. The van der Waals surface area contributed by atoms with Crippen LogP contribution in [0.15, 0.2) is 60.7 Å². The number of halogens is 3. The lowest BCUT2D eigenvalue weighted by atomic mass is 9.62. The summed E-state index contributed by atoms with van der Waals surface area (Å²) in [5.74, 6) is -1.75. The average Bonchev–Trinajstić information content (AvgIpc) is 3.25. The van der Waals surface area contributed by atoms with Crippen molar-refractivity contribution in [2.24, 2.45) is 11.1 Å². The van der Waals surface area contributed by atoms with Gasteiger partial charge in [0.05, 0.1) is 31.5 Å². The van der Waals surface area contributed by atoms with Gasteiger partial charge in [-0.3, -0.25) is 4.79 Å². The second kappa shape index (κ2) is 12.6. The summed E-state index contributed by atoms with van der Waals surface area (Å²) in [5, 5.41) is 7.24. The van der Waals surface area contributed by atoms with E-state index in [2.05, 4.69) is 31.4 Å². The molecule has 1 aliphatic heterocycles. The van der Waals surface area contributed by atoms with Crippen molar-refractivity contribution in [3.05, 3.63) is 93.2 Å². The Balaban J connectivity index is 1.88. The van der Waals surface area contributed by atoms with Crippen LogP contribution in [0.5, 0.6) is 5.75 Å². The Hall–Kier alpha value is -3.17. The molecule has 10 heteroatoms. The lowest BCUT2D eigenvalue weighted by molar-refractivity contribution is -0.118. The second-order valence-electron chi connectivity index (χ2n) is 11.8. The van der Waals surface area contributed by atoms with Gasteiger partial charge in [-0.15, -0.1) is 0 Å². The zero-order valence-electron chi connectivity index (χ0n) is 24.3. The number of amides is 1. The predicted octanol–water partition coefficient (Wildman–Crippen LogP) is 6.32. The van der Waals surface area contributed by atoms with Crippen molar-refractivity contribution in [2.75, 3.05) is 26.1 Å². The third-order valence-electron chi connectivity index (χ3n) is 7.85. The number of ether oxygens (including phenoxy) is 2. The molecule has 0 saturated carbocycles. The van der Waals surface area contributed by atoms with E-state index in [1.165, 1.54) is 32.4 Å². The Bertz CT molecular complexity index is 1480. The van der Waals surface area contributed by atoms with E-state index in [9.17, 15) is 9.59 Å². The van der Waals surface area contributed by atoms with E-state index in [1.807, 2.05) is 6.07 Å². The van der Waals surface area contributed by atoms with Gasteiger partial charge in [0.1, 0.15) is 11.6 Å². The molecule has 224 valence electrons. The Labute approximate surface area is 255 Å². The number of benzene rings is 3. The maximum Gasteiger partial charge on any atom is 0.337 e. The third-order valence-corrected chi connectivity index (χ3v) is 8.32. The van der Waals surface area contributed by atoms with Crippen LogP contribution in [-0.4, -0.2) is 44.7 Å². The van der Waals surface area contributed by atoms with Gasteiger partial charge >= 0.3 is 5.97 Å². The highest BCUT2D eigenvalue weighted by Gasteiger charge is 2.59. The number of nitrogens with one attached hydrogen (secondary N) is 2. The summed E-state index contributed by atoms with van der Waals surface area (Å²) in [6.45, 7) is 6.30. The Morgan fingerprint density at radius 3 is 2.36 bits per heavy atom. The number of carbonyl (C=O) groups is 2. The van der Waals surface area contributed by atoms with Gasteiger partial charge in [-0.05, 0) is 65.4 Å². The van der Waals surface area contributed by atoms with E-state index >= 15 is 4.39 Å². The van der Waals surface area contributed by atoms with Gasteiger partial charge in [-0.1, -0.05) is 62.2 Å². The lowest BCUT2D eigenvalue weighted by Crippen LogP contribution is -2.50. The molecule has 0 aliphatic carbocycles. The quantitative estimate of drug-likeness (QED) is 0.256. The van der Waals surface area contributed by atoms with E-state index in [0.717, 1.165) is 5.56 Å². The number of anilines is 1. The van der Waals surface area contributed by atoms with Gasteiger partial charge in [-0.25, -0.2) is 9.18 Å². The summed E-state index contributed by atoms with van der Waals surface area (Å²) in [6, 6.07) is 15.2. The molecule has 0 unspecified atom stereocenters. The minimum absolute atomic E-state index is 0.0391. The van der Waals surface area contributed by atoms with Crippen molar-refractivity contribution in [2.45, 2.75) is 50.6 Å². The lowest BCUT2D eigenvalue weighted by Gasteiger charge is -2.42. The maximum absolute atomic E-state index is 15.9. The molecule has 3 aromatic carbocycles. The number of esters is 1. The summed E-state index contributed by atoms with van der Waals surface area (Å²) in [7, 11) is 2.73. The summed E-state index contributed by atoms with van der Waals surface area (Å²) in [5.41, 5.74) is 7.13. The van der Waals surface area contributed by atoms with Gasteiger partial charge in [0.25, 0.3) is 0 Å². The predicted molar refractivity (Wildman–Crippen MR) is 164 cm³/mol. The topological polar surface area (TPSA) is 103 Å². The zero-order valence-corrected chi connectivity index (χ0v) is 25.8. The molecule has 1 fully saturated rings. The molecule has 1 saturated heterocycles. The molecule has 7 nitrogen and oxygen atoms in total. The molecular formula is C32H36Cl2FN3O4. The number of methoxy groups -OCH3 is 2. The fourth-order valence-electron chi connectivity index (χ4n) is 6.10. The zero-order chi connectivity index (χ0) is 30.8. The maximum atomic E-state index is 15.9. The highest BCUT2D eigenvalue weighted by Crippen LogP contribution is 2.52. The van der Waals surface area contributed by atoms with Crippen molar-refractivity contribution >= 4 is 40.8 Å². The van der Waals surface area contributed by atoms with E-state index in [0.29, 0.717) is 22.7 Å². The number of rotatable bonds is 8. The number of hydrogen-bond acceptors (Lipinski definition) is 6. The molecule has 0 bridgehead atoms. The molecule has 1 heterocycles. The van der Waals surface area contributed by atoms with Crippen LogP contribution in [0.4, 0.5) is 10.1 Å². The molecule has 0 radical (unpaired) electrons. The Morgan fingerprint density at radius 1 is 1.05 bits per heavy atom.